The molecule has 19 heavy (non-hydrogen) atoms. The normalized spacial score (nSPS) is 16.7. The van der Waals surface area contributed by atoms with E-state index in [4.69, 9.17) is 14.3 Å². The zero-order valence-corrected chi connectivity index (χ0v) is 10.8. The van der Waals surface area contributed by atoms with Crippen LogP contribution in [0.25, 0.3) is 0 Å². The third-order valence-electron chi connectivity index (χ3n) is 3.51. The van der Waals surface area contributed by atoms with E-state index in [2.05, 4.69) is 5.32 Å². The van der Waals surface area contributed by atoms with Crippen molar-refractivity contribution in [2.24, 2.45) is 5.41 Å². The van der Waals surface area contributed by atoms with Gasteiger partial charge in [0.1, 0.15) is 5.76 Å². The van der Waals surface area contributed by atoms with E-state index in [-0.39, 0.29) is 18.2 Å². The molecule has 6 heteroatoms. The van der Waals surface area contributed by atoms with Crippen molar-refractivity contribution in [1.82, 2.24) is 5.32 Å². The number of amides is 1. The van der Waals surface area contributed by atoms with E-state index in [0.717, 1.165) is 19.3 Å². The Morgan fingerprint density at radius 2 is 2.21 bits per heavy atom. The van der Waals surface area contributed by atoms with Gasteiger partial charge < -0.3 is 19.6 Å². The quantitative estimate of drug-likeness (QED) is 0.813. The molecular formula is C13H17NO5. The summed E-state index contributed by atoms with van der Waals surface area (Å²) in [6, 6.07) is 2.92. The fourth-order valence-corrected chi connectivity index (χ4v) is 2.26. The number of nitrogens with one attached hydrogen (secondary N) is 1. The minimum absolute atomic E-state index is 0.0612. The van der Waals surface area contributed by atoms with Crippen LogP contribution < -0.4 is 5.32 Å². The fraction of sp³-hybridized carbons (Fsp3) is 0.538. The molecule has 2 rings (SSSR count). The number of methoxy groups -OCH3 is 1. The molecule has 1 aromatic rings. The number of furan rings is 1. The number of ether oxygens (including phenoxy) is 1. The molecule has 1 saturated carbocycles. The maximum Gasteiger partial charge on any atom is 0.371 e. The predicted molar refractivity (Wildman–Crippen MR) is 65.7 cm³/mol. The van der Waals surface area contributed by atoms with E-state index in [1.807, 2.05) is 0 Å². The Morgan fingerprint density at radius 3 is 2.68 bits per heavy atom. The van der Waals surface area contributed by atoms with E-state index < -0.39 is 11.4 Å². The lowest BCUT2D eigenvalue weighted by molar-refractivity contribution is -0.140. The number of rotatable bonds is 6. The molecule has 1 amide bonds. The average Bonchev–Trinajstić information content (AvgIpc) is 2.79. The molecule has 1 aliphatic carbocycles. The van der Waals surface area contributed by atoms with Crippen LogP contribution in [0.2, 0.25) is 0 Å². The first-order valence-electron chi connectivity index (χ1n) is 6.17. The van der Waals surface area contributed by atoms with Gasteiger partial charge in [0.2, 0.25) is 11.7 Å². The lowest BCUT2D eigenvalue weighted by atomic mass is 9.68. The van der Waals surface area contributed by atoms with Gasteiger partial charge in [-0.05, 0) is 25.0 Å². The van der Waals surface area contributed by atoms with Crippen LogP contribution in [-0.4, -0.2) is 30.7 Å². The van der Waals surface area contributed by atoms with Gasteiger partial charge in [-0.1, -0.05) is 6.42 Å². The van der Waals surface area contributed by atoms with Crippen molar-refractivity contribution in [1.29, 1.82) is 0 Å². The van der Waals surface area contributed by atoms with Crippen LogP contribution in [0, 0.1) is 5.41 Å². The highest BCUT2D eigenvalue weighted by Crippen LogP contribution is 2.41. The Bertz CT molecular complexity index is 475. The van der Waals surface area contributed by atoms with E-state index in [1.165, 1.54) is 6.07 Å². The second-order valence-electron chi connectivity index (χ2n) is 4.82. The largest absolute Gasteiger partial charge is 0.475 e. The van der Waals surface area contributed by atoms with Crippen LogP contribution in [0.4, 0.5) is 0 Å². The summed E-state index contributed by atoms with van der Waals surface area (Å²) >= 11 is 0. The van der Waals surface area contributed by atoms with Crippen LogP contribution >= 0.6 is 0 Å². The van der Waals surface area contributed by atoms with Crippen LogP contribution in [-0.2, 0) is 16.1 Å². The summed E-state index contributed by atoms with van der Waals surface area (Å²) < 4.78 is 10.2. The Morgan fingerprint density at radius 1 is 1.47 bits per heavy atom. The van der Waals surface area contributed by atoms with Crippen molar-refractivity contribution < 1.29 is 23.8 Å². The minimum Gasteiger partial charge on any atom is -0.475 e. The number of carboxylic acids is 1. The van der Waals surface area contributed by atoms with Crippen LogP contribution in [0.5, 0.6) is 0 Å². The first-order valence-corrected chi connectivity index (χ1v) is 6.17. The SMILES string of the molecule is COCC1(C(=O)NCc2ccc(C(=O)O)o2)CCC1. The summed E-state index contributed by atoms with van der Waals surface area (Å²) in [5.41, 5.74) is -0.420. The van der Waals surface area contributed by atoms with Crippen molar-refractivity contribution in [3.05, 3.63) is 23.7 Å². The van der Waals surface area contributed by atoms with Gasteiger partial charge in [-0.25, -0.2) is 4.79 Å². The molecule has 0 aromatic carbocycles. The van der Waals surface area contributed by atoms with E-state index in [1.54, 1.807) is 13.2 Å². The second kappa shape index (κ2) is 5.44. The van der Waals surface area contributed by atoms with Crippen LogP contribution in [0.1, 0.15) is 35.6 Å². The van der Waals surface area contributed by atoms with Gasteiger partial charge in [-0.3, -0.25) is 4.79 Å². The lowest BCUT2D eigenvalue weighted by Crippen LogP contribution is -2.48. The Hall–Kier alpha value is -1.82. The van der Waals surface area contributed by atoms with Gasteiger partial charge in [-0.15, -0.1) is 0 Å². The standard InChI is InChI=1S/C13H17NO5/c1-18-8-13(5-2-6-13)12(17)14-7-9-3-4-10(19-9)11(15)16/h3-4H,2,5-8H2,1H3,(H,14,17)(H,15,16). The molecule has 1 heterocycles. The molecular weight excluding hydrogens is 250 g/mol. The lowest BCUT2D eigenvalue weighted by Gasteiger charge is -2.39. The number of carboxylic acid groups (broad SMARTS) is 1. The molecule has 0 atom stereocenters. The molecule has 0 saturated heterocycles. The summed E-state index contributed by atoms with van der Waals surface area (Å²) in [5, 5.41) is 11.5. The Kier molecular flexibility index (Phi) is 3.90. The summed E-state index contributed by atoms with van der Waals surface area (Å²) in [6.45, 7) is 0.606. The van der Waals surface area contributed by atoms with Crippen molar-refractivity contribution in [2.75, 3.05) is 13.7 Å². The number of carbonyl (C=O) groups is 2. The minimum atomic E-state index is -1.12. The first kappa shape index (κ1) is 13.6. The fourth-order valence-electron chi connectivity index (χ4n) is 2.26. The van der Waals surface area contributed by atoms with Gasteiger partial charge in [0.05, 0.1) is 18.6 Å². The highest BCUT2D eigenvalue weighted by atomic mass is 16.5. The smallest absolute Gasteiger partial charge is 0.371 e. The molecule has 1 aromatic heterocycles. The predicted octanol–water partition coefficient (Wildman–Crippen LogP) is 1.41. The topological polar surface area (TPSA) is 88.8 Å². The third kappa shape index (κ3) is 2.78. The van der Waals surface area contributed by atoms with E-state index in [9.17, 15) is 9.59 Å². The maximum absolute atomic E-state index is 12.1. The average molecular weight is 267 g/mol. The maximum atomic E-state index is 12.1. The number of carbonyl (C=O) groups excluding carboxylic acids is 1. The number of hydrogen-bond donors (Lipinski definition) is 2. The van der Waals surface area contributed by atoms with Gasteiger partial charge >= 0.3 is 5.97 Å². The highest BCUT2D eigenvalue weighted by molar-refractivity contribution is 5.84. The van der Waals surface area contributed by atoms with Gasteiger partial charge in [-0.2, -0.15) is 0 Å². The second-order valence-corrected chi connectivity index (χ2v) is 4.82. The van der Waals surface area contributed by atoms with Gasteiger partial charge in [0.15, 0.2) is 0 Å². The molecule has 0 radical (unpaired) electrons. The summed E-state index contributed by atoms with van der Waals surface area (Å²) in [7, 11) is 1.58. The molecule has 0 aliphatic heterocycles. The van der Waals surface area contributed by atoms with Crippen molar-refractivity contribution in [2.45, 2.75) is 25.8 Å². The van der Waals surface area contributed by atoms with Crippen LogP contribution in [0.3, 0.4) is 0 Å². The zero-order valence-electron chi connectivity index (χ0n) is 10.8. The summed E-state index contributed by atoms with van der Waals surface area (Å²) in [6.07, 6.45) is 2.68. The monoisotopic (exact) mass is 267 g/mol. The molecule has 0 unspecified atom stereocenters. The van der Waals surface area contributed by atoms with Crippen LogP contribution in [0.15, 0.2) is 16.5 Å². The first-order chi connectivity index (χ1) is 9.07. The number of aromatic carboxylic acids is 1. The Labute approximate surface area is 110 Å². The summed E-state index contributed by atoms with van der Waals surface area (Å²) in [4.78, 5) is 22.8. The van der Waals surface area contributed by atoms with Crippen molar-refractivity contribution >= 4 is 11.9 Å². The molecule has 0 bridgehead atoms. The molecule has 2 N–H and O–H groups in total. The Balaban J connectivity index is 1.90. The molecule has 0 spiro atoms. The molecule has 1 aliphatic rings. The molecule has 1 fully saturated rings. The van der Waals surface area contributed by atoms with E-state index in [0.29, 0.717) is 12.4 Å². The molecule has 104 valence electrons. The van der Waals surface area contributed by atoms with E-state index >= 15 is 0 Å². The summed E-state index contributed by atoms with van der Waals surface area (Å²) in [5.74, 6) is -0.876. The van der Waals surface area contributed by atoms with Gasteiger partial charge in [0, 0.05) is 7.11 Å². The highest BCUT2D eigenvalue weighted by Gasteiger charge is 2.44. The number of hydrogen-bond acceptors (Lipinski definition) is 4. The molecule has 6 nitrogen and oxygen atoms in total. The zero-order chi connectivity index (χ0) is 13.9. The van der Waals surface area contributed by atoms with Crippen molar-refractivity contribution in [3.8, 4) is 0 Å². The third-order valence-corrected chi connectivity index (χ3v) is 3.51. The van der Waals surface area contributed by atoms with Crippen molar-refractivity contribution in [3.63, 3.8) is 0 Å². The van der Waals surface area contributed by atoms with Gasteiger partial charge in [0.25, 0.3) is 0 Å².